The van der Waals surface area contributed by atoms with Crippen LogP contribution < -0.4 is 10.5 Å². The number of nitrogens with one attached hydrogen (secondary N) is 1. The number of hydrogen-bond acceptors (Lipinski definition) is 6. The van der Waals surface area contributed by atoms with Gasteiger partial charge in [0.25, 0.3) is 5.91 Å². The number of primary sulfonamides is 1. The second-order valence-corrected chi connectivity index (χ2v) is 9.33. The lowest BCUT2D eigenvalue weighted by molar-refractivity contribution is 0.0944. The number of sulfonamides is 1. The van der Waals surface area contributed by atoms with Crippen molar-refractivity contribution in [3.8, 4) is 16.4 Å². The van der Waals surface area contributed by atoms with Crippen molar-refractivity contribution in [3.63, 3.8) is 0 Å². The first-order valence-corrected chi connectivity index (χ1v) is 11.9. The minimum atomic E-state index is -3.74. The maximum Gasteiger partial charge on any atom is 0.291 e. The highest BCUT2D eigenvalue weighted by molar-refractivity contribution is 7.89. The van der Waals surface area contributed by atoms with Gasteiger partial charge in [0.2, 0.25) is 15.8 Å². The van der Waals surface area contributed by atoms with Crippen LogP contribution in [0.2, 0.25) is 0 Å². The Morgan fingerprint density at radius 3 is 2.44 bits per heavy atom. The molecule has 164 valence electrons. The van der Waals surface area contributed by atoms with E-state index in [9.17, 15) is 17.6 Å². The molecule has 0 saturated heterocycles. The monoisotopic (exact) mass is 471 g/mol. The van der Waals surface area contributed by atoms with E-state index in [4.69, 9.17) is 5.14 Å². The predicted molar refractivity (Wildman–Crippen MR) is 118 cm³/mol. The molecule has 2 aromatic carbocycles. The van der Waals surface area contributed by atoms with Crippen LogP contribution >= 0.6 is 11.3 Å². The number of halogens is 1. The topological polar surface area (TPSA) is 120 Å². The fourth-order valence-corrected chi connectivity index (χ4v) is 4.19. The lowest BCUT2D eigenvalue weighted by atomic mass is 10.1. The first-order chi connectivity index (χ1) is 15.3. The van der Waals surface area contributed by atoms with Crippen LogP contribution in [0.1, 0.15) is 16.2 Å². The molecular weight excluding hydrogens is 453 g/mol. The van der Waals surface area contributed by atoms with Crippen LogP contribution in [0.25, 0.3) is 16.4 Å². The minimum Gasteiger partial charge on any atom is -0.349 e. The largest absolute Gasteiger partial charge is 0.349 e. The van der Waals surface area contributed by atoms with E-state index in [2.05, 4.69) is 15.4 Å². The average molecular weight is 472 g/mol. The van der Waals surface area contributed by atoms with Gasteiger partial charge in [0.1, 0.15) is 5.82 Å². The Bertz CT molecular complexity index is 1330. The first-order valence-electron chi connectivity index (χ1n) is 9.48. The number of hydrogen-bond donors (Lipinski definition) is 2. The third-order valence-electron chi connectivity index (χ3n) is 4.57. The fourth-order valence-electron chi connectivity index (χ4n) is 2.98. The molecule has 0 bridgehead atoms. The van der Waals surface area contributed by atoms with Gasteiger partial charge in [0, 0.05) is 6.54 Å². The van der Waals surface area contributed by atoms with Crippen LogP contribution in [0.15, 0.2) is 70.9 Å². The number of benzene rings is 2. The summed E-state index contributed by atoms with van der Waals surface area (Å²) in [5, 5.41) is 14.1. The summed E-state index contributed by atoms with van der Waals surface area (Å²) >= 11 is 1.45. The molecule has 11 heteroatoms. The third kappa shape index (κ3) is 4.90. The van der Waals surface area contributed by atoms with Gasteiger partial charge in [-0.05, 0) is 59.8 Å². The number of amides is 1. The lowest BCUT2D eigenvalue weighted by Gasteiger charge is -2.04. The average Bonchev–Trinajstić information content (AvgIpc) is 3.44. The van der Waals surface area contributed by atoms with Crippen molar-refractivity contribution in [3.05, 3.63) is 83.2 Å². The van der Waals surface area contributed by atoms with Crippen molar-refractivity contribution in [2.75, 3.05) is 6.54 Å². The summed E-state index contributed by atoms with van der Waals surface area (Å²) < 4.78 is 37.5. The highest BCUT2D eigenvalue weighted by Gasteiger charge is 2.19. The Hall–Kier alpha value is -3.41. The molecule has 0 aliphatic heterocycles. The van der Waals surface area contributed by atoms with Crippen LogP contribution in [0.5, 0.6) is 0 Å². The highest BCUT2D eigenvalue weighted by atomic mass is 32.2. The molecule has 0 atom stereocenters. The number of aromatic nitrogens is 3. The second kappa shape index (κ2) is 8.99. The summed E-state index contributed by atoms with van der Waals surface area (Å²) in [7, 11) is -3.74. The molecule has 0 aliphatic rings. The van der Waals surface area contributed by atoms with Crippen molar-refractivity contribution >= 4 is 27.3 Å². The standard InChI is InChI=1S/C21H18FN5O3S2/c22-15-5-7-16(8-6-15)27-20(18-2-1-13-31-18)25-19(26-27)21(28)24-12-11-14-3-9-17(10-4-14)32(23,29)30/h1-10,13H,11-12H2,(H,24,28)(H2,23,29,30). The van der Waals surface area contributed by atoms with Gasteiger partial charge >= 0.3 is 0 Å². The van der Waals surface area contributed by atoms with Gasteiger partial charge in [-0.1, -0.05) is 18.2 Å². The summed E-state index contributed by atoms with van der Waals surface area (Å²) in [5.74, 6) is -0.357. The van der Waals surface area contributed by atoms with Crippen LogP contribution in [-0.4, -0.2) is 35.6 Å². The summed E-state index contributed by atoms with van der Waals surface area (Å²) in [6, 6.07) is 15.6. The molecule has 0 aliphatic carbocycles. The molecule has 0 unspecified atom stereocenters. The molecule has 2 heterocycles. The second-order valence-electron chi connectivity index (χ2n) is 6.82. The maximum absolute atomic E-state index is 13.3. The Balaban J connectivity index is 1.49. The molecule has 3 N–H and O–H groups in total. The number of nitrogens with two attached hydrogens (primary N) is 1. The van der Waals surface area contributed by atoms with Crippen molar-refractivity contribution in [1.82, 2.24) is 20.1 Å². The SMILES string of the molecule is NS(=O)(=O)c1ccc(CCNC(=O)c2nc(-c3cccs3)n(-c3ccc(F)cc3)n2)cc1. The molecule has 1 amide bonds. The van der Waals surface area contributed by atoms with E-state index >= 15 is 0 Å². The van der Waals surface area contributed by atoms with Crippen molar-refractivity contribution in [1.29, 1.82) is 0 Å². The normalized spacial score (nSPS) is 11.4. The van der Waals surface area contributed by atoms with Gasteiger partial charge in [0.15, 0.2) is 5.82 Å². The number of thiophene rings is 1. The molecule has 0 fully saturated rings. The number of rotatable bonds is 7. The van der Waals surface area contributed by atoms with Gasteiger partial charge < -0.3 is 5.32 Å². The first kappa shape index (κ1) is 21.8. The van der Waals surface area contributed by atoms with Crippen LogP contribution in [0.3, 0.4) is 0 Å². The zero-order chi connectivity index (χ0) is 22.7. The molecule has 2 aromatic heterocycles. The summed E-state index contributed by atoms with van der Waals surface area (Å²) in [5.41, 5.74) is 1.41. The number of carbonyl (C=O) groups excluding carboxylic acids is 1. The van der Waals surface area contributed by atoms with Crippen LogP contribution in [-0.2, 0) is 16.4 Å². The fraction of sp³-hybridized carbons (Fsp3) is 0.0952. The van der Waals surface area contributed by atoms with Gasteiger partial charge in [-0.15, -0.1) is 16.4 Å². The summed E-state index contributed by atoms with van der Waals surface area (Å²) in [4.78, 5) is 17.9. The summed E-state index contributed by atoms with van der Waals surface area (Å²) in [6.45, 7) is 0.299. The van der Waals surface area contributed by atoms with Crippen LogP contribution in [0.4, 0.5) is 4.39 Å². The molecule has 0 saturated carbocycles. The van der Waals surface area contributed by atoms with E-state index in [1.807, 2.05) is 17.5 Å². The Morgan fingerprint density at radius 2 is 1.81 bits per heavy atom. The Labute approximate surface area is 187 Å². The van der Waals surface area contributed by atoms with Gasteiger partial charge in [-0.2, -0.15) is 0 Å². The molecular formula is C21H18FN5O3S2. The highest BCUT2D eigenvalue weighted by Crippen LogP contribution is 2.25. The van der Waals surface area contributed by atoms with Crippen molar-refractivity contribution in [2.45, 2.75) is 11.3 Å². The zero-order valence-corrected chi connectivity index (χ0v) is 18.2. The van der Waals surface area contributed by atoms with E-state index < -0.39 is 15.9 Å². The zero-order valence-electron chi connectivity index (χ0n) is 16.6. The quantitative estimate of drug-likeness (QED) is 0.429. The smallest absolute Gasteiger partial charge is 0.291 e. The Kier molecular flexibility index (Phi) is 6.12. The van der Waals surface area contributed by atoms with E-state index in [0.29, 0.717) is 24.5 Å². The molecule has 0 spiro atoms. The van der Waals surface area contributed by atoms with E-state index in [-0.39, 0.29) is 16.5 Å². The van der Waals surface area contributed by atoms with Gasteiger partial charge in [0.05, 0.1) is 15.5 Å². The molecule has 8 nitrogen and oxygen atoms in total. The molecule has 4 rings (SSSR count). The van der Waals surface area contributed by atoms with Gasteiger partial charge in [-0.3, -0.25) is 4.79 Å². The number of nitrogens with zero attached hydrogens (tertiary/aromatic N) is 3. The minimum absolute atomic E-state index is 0.0118. The lowest BCUT2D eigenvalue weighted by Crippen LogP contribution is -2.27. The molecule has 0 radical (unpaired) electrons. The predicted octanol–water partition coefficient (Wildman–Crippen LogP) is 2.75. The Morgan fingerprint density at radius 1 is 1.09 bits per heavy atom. The van der Waals surface area contributed by atoms with E-state index in [1.165, 1.54) is 40.3 Å². The molecule has 4 aromatic rings. The van der Waals surface area contributed by atoms with Gasteiger partial charge in [-0.25, -0.2) is 27.6 Å². The third-order valence-corrected chi connectivity index (χ3v) is 6.37. The summed E-state index contributed by atoms with van der Waals surface area (Å²) in [6.07, 6.45) is 0.479. The van der Waals surface area contributed by atoms with E-state index in [1.54, 1.807) is 24.3 Å². The van der Waals surface area contributed by atoms with Crippen LogP contribution in [0, 0.1) is 5.82 Å². The number of carbonyl (C=O) groups is 1. The van der Waals surface area contributed by atoms with E-state index in [0.717, 1.165) is 10.4 Å². The van der Waals surface area contributed by atoms with Crippen molar-refractivity contribution in [2.24, 2.45) is 5.14 Å². The van der Waals surface area contributed by atoms with Crippen molar-refractivity contribution < 1.29 is 17.6 Å². The molecule has 32 heavy (non-hydrogen) atoms. The maximum atomic E-state index is 13.3.